The van der Waals surface area contributed by atoms with Gasteiger partial charge < -0.3 is 18.2 Å². The van der Waals surface area contributed by atoms with Crippen LogP contribution >= 0.6 is 0 Å². The Morgan fingerprint density at radius 2 is 0.940 bits per heavy atom. The van der Waals surface area contributed by atoms with Gasteiger partial charge in [0.2, 0.25) is 0 Å². The summed E-state index contributed by atoms with van der Waals surface area (Å²) in [6.07, 6.45) is 0. The van der Waals surface area contributed by atoms with Crippen LogP contribution in [0.3, 0.4) is 0 Å². The Morgan fingerprint density at radius 3 is 1.74 bits per heavy atom. The maximum atomic E-state index is 6.76. The van der Waals surface area contributed by atoms with E-state index in [0.29, 0.717) is 0 Å². The van der Waals surface area contributed by atoms with E-state index in [1.54, 1.807) is 0 Å². The number of hydrogen-bond acceptors (Lipinski definition) is 4. The molecule has 0 N–H and O–H groups in total. The molecule has 0 spiro atoms. The van der Waals surface area contributed by atoms with Gasteiger partial charge in [-0.05, 0) is 70.4 Å². The van der Waals surface area contributed by atoms with Gasteiger partial charge >= 0.3 is 0 Å². The zero-order chi connectivity index (χ0) is 32.8. The standard InChI is InChI=1S/C46H27NO3/c1-2-12-32-28(10-1)11-9-16-33(32)29-20-22-30(23-21-29)47(31-24-25-36-34-13-3-6-17-40(34)48-43(36)26-31)39-27-38-35-14-4-7-18-41(35)49-45(38)44-37-15-5-8-19-42(37)50-46(39)44/h1-27H. The van der Waals surface area contributed by atoms with Crippen LogP contribution in [0.2, 0.25) is 0 Å². The van der Waals surface area contributed by atoms with E-state index >= 15 is 0 Å². The molecule has 11 aromatic rings. The SMILES string of the molecule is c1ccc2c(-c3ccc(N(c4ccc5c(c4)oc4ccccc45)c4cc5c6ccccc6oc5c5c4oc4ccccc45)cc3)cccc2c1. The molecule has 0 unspecified atom stereocenters. The number of para-hydroxylation sites is 3. The van der Waals surface area contributed by atoms with E-state index in [1.165, 1.54) is 16.3 Å². The molecule has 11 rings (SSSR count). The van der Waals surface area contributed by atoms with Gasteiger partial charge in [0.1, 0.15) is 27.9 Å². The van der Waals surface area contributed by atoms with Crippen LogP contribution < -0.4 is 4.90 Å². The van der Waals surface area contributed by atoms with Gasteiger partial charge in [0.05, 0.1) is 16.8 Å². The van der Waals surface area contributed by atoms with Crippen molar-refractivity contribution in [1.29, 1.82) is 0 Å². The number of hydrogen-bond donors (Lipinski definition) is 0. The lowest BCUT2D eigenvalue weighted by Crippen LogP contribution is -2.10. The highest BCUT2D eigenvalue weighted by molar-refractivity contribution is 6.25. The fraction of sp³-hybridized carbons (Fsp3) is 0. The fourth-order valence-electron chi connectivity index (χ4n) is 7.76. The molecule has 8 aromatic carbocycles. The van der Waals surface area contributed by atoms with Crippen LogP contribution in [0, 0.1) is 0 Å². The third-order valence-corrected chi connectivity index (χ3v) is 10.1. The number of nitrogens with zero attached hydrogens (tertiary/aromatic N) is 1. The zero-order valence-electron chi connectivity index (χ0n) is 26.8. The van der Waals surface area contributed by atoms with E-state index in [4.69, 9.17) is 13.3 Å². The monoisotopic (exact) mass is 641 g/mol. The molecule has 3 heterocycles. The topological polar surface area (TPSA) is 42.7 Å². The van der Waals surface area contributed by atoms with Gasteiger partial charge in [-0.25, -0.2) is 0 Å². The molecule has 0 fully saturated rings. The minimum absolute atomic E-state index is 0.764. The second-order valence-corrected chi connectivity index (χ2v) is 12.9. The van der Waals surface area contributed by atoms with Crippen molar-refractivity contribution in [2.24, 2.45) is 0 Å². The summed E-state index contributed by atoms with van der Waals surface area (Å²) >= 11 is 0. The molecule has 0 aliphatic rings. The molecule has 50 heavy (non-hydrogen) atoms. The molecule has 3 aromatic heterocycles. The Bertz CT molecular complexity index is 3100. The first-order chi connectivity index (χ1) is 24.8. The first-order valence-electron chi connectivity index (χ1n) is 16.8. The lowest BCUT2D eigenvalue weighted by atomic mass is 9.98. The van der Waals surface area contributed by atoms with Crippen LogP contribution in [0.1, 0.15) is 0 Å². The molecule has 0 saturated carbocycles. The predicted octanol–water partition coefficient (Wildman–Crippen LogP) is 13.7. The normalized spacial score (nSPS) is 12.0. The minimum Gasteiger partial charge on any atom is -0.456 e. The van der Waals surface area contributed by atoms with Gasteiger partial charge in [-0.2, -0.15) is 0 Å². The van der Waals surface area contributed by atoms with Crippen molar-refractivity contribution < 1.29 is 13.3 Å². The second kappa shape index (κ2) is 10.4. The van der Waals surface area contributed by atoms with Gasteiger partial charge in [-0.15, -0.1) is 0 Å². The van der Waals surface area contributed by atoms with Gasteiger partial charge in [0, 0.05) is 38.7 Å². The molecule has 4 nitrogen and oxygen atoms in total. The van der Waals surface area contributed by atoms with Crippen LogP contribution in [0.5, 0.6) is 0 Å². The second-order valence-electron chi connectivity index (χ2n) is 12.9. The largest absolute Gasteiger partial charge is 0.456 e. The molecule has 0 aliphatic heterocycles. The fourth-order valence-corrected chi connectivity index (χ4v) is 7.76. The molecule has 0 amide bonds. The number of benzene rings is 8. The van der Waals surface area contributed by atoms with E-state index in [2.05, 4.69) is 132 Å². The Labute approximate surface area is 286 Å². The quantitative estimate of drug-likeness (QED) is 0.192. The van der Waals surface area contributed by atoms with Crippen LogP contribution in [-0.2, 0) is 0 Å². The van der Waals surface area contributed by atoms with Crippen LogP contribution in [0.25, 0.3) is 87.7 Å². The van der Waals surface area contributed by atoms with Crippen molar-refractivity contribution in [3.63, 3.8) is 0 Å². The third kappa shape index (κ3) is 3.93. The molecule has 4 heteroatoms. The summed E-state index contributed by atoms with van der Waals surface area (Å²) in [5.41, 5.74) is 10.2. The number of anilines is 3. The van der Waals surface area contributed by atoms with Crippen molar-refractivity contribution in [2.75, 3.05) is 4.90 Å². The summed E-state index contributed by atoms with van der Waals surface area (Å²) in [5, 5.41) is 8.73. The number of furan rings is 3. The van der Waals surface area contributed by atoms with Gasteiger partial charge in [-0.1, -0.05) is 109 Å². The van der Waals surface area contributed by atoms with E-state index < -0.39 is 0 Å². The average Bonchev–Trinajstić information content (AvgIpc) is 3.86. The summed E-state index contributed by atoms with van der Waals surface area (Å²) in [6.45, 7) is 0. The van der Waals surface area contributed by atoms with Crippen molar-refractivity contribution in [3.8, 4) is 11.1 Å². The lowest BCUT2D eigenvalue weighted by molar-refractivity contribution is 0.662. The van der Waals surface area contributed by atoms with E-state index in [9.17, 15) is 0 Å². The van der Waals surface area contributed by atoms with Gasteiger partial charge in [0.25, 0.3) is 0 Å². The van der Waals surface area contributed by atoms with Crippen LogP contribution in [0.4, 0.5) is 17.1 Å². The van der Waals surface area contributed by atoms with Crippen molar-refractivity contribution >= 4 is 93.7 Å². The molecule has 0 saturated heterocycles. The first-order valence-corrected chi connectivity index (χ1v) is 16.8. The Hall–Kier alpha value is -6.78. The predicted molar refractivity (Wildman–Crippen MR) is 206 cm³/mol. The Morgan fingerprint density at radius 1 is 0.360 bits per heavy atom. The maximum absolute atomic E-state index is 6.76. The highest BCUT2D eigenvalue weighted by Gasteiger charge is 2.25. The summed E-state index contributed by atoms with van der Waals surface area (Å²) in [5.74, 6) is 0. The number of fused-ring (bicyclic) bond motifs is 11. The van der Waals surface area contributed by atoms with Gasteiger partial charge in [-0.3, -0.25) is 0 Å². The minimum atomic E-state index is 0.764. The molecule has 234 valence electrons. The smallest absolute Gasteiger partial charge is 0.163 e. The average molecular weight is 642 g/mol. The Balaban J connectivity index is 1.20. The first kappa shape index (κ1) is 27.2. The number of rotatable bonds is 4. The summed E-state index contributed by atoms with van der Waals surface area (Å²) in [7, 11) is 0. The summed E-state index contributed by atoms with van der Waals surface area (Å²) in [4.78, 5) is 2.28. The van der Waals surface area contributed by atoms with E-state index in [0.717, 1.165) is 88.4 Å². The molecule has 0 aliphatic carbocycles. The Kier molecular flexibility index (Phi) is 5.63. The van der Waals surface area contributed by atoms with Gasteiger partial charge in [0.15, 0.2) is 5.58 Å². The third-order valence-electron chi connectivity index (χ3n) is 10.1. The summed E-state index contributed by atoms with van der Waals surface area (Å²) < 4.78 is 19.8. The van der Waals surface area contributed by atoms with Crippen molar-refractivity contribution in [1.82, 2.24) is 0 Å². The zero-order valence-corrected chi connectivity index (χ0v) is 26.8. The van der Waals surface area contributed by atoms with Crippen LogP contribution in [0.15, 0.2) is 177 Å². The molecule has 0 bridgehead atoms. The van der Waals surface area contributed by atoms with Crippen molar-refractivity contribution in [3.05, 3.63) is 164 Å². The van der Waals surface area contributed by atoms with E-state index in [-0.39, 0.29) is 0 Å². The highest BCUT2D eigenvalue weighted by atomic mass is 16.3. The summed E-state index contributed by atoms with van der Waals surface area (Å²) in [6, 6.07) is 57.2. The lowest BCUT2D eigenvalue weighted by Gasteiger charge is -2.26. The highest BCUT2D eigenvalue weighted by Crippen LogP contribution is 2.48. The van der Waals surface area contributed by atoms with Crippen LogP contribution in [-0.4, -0.2) is 0 Å². The molecule has 0 radical (unpaired) electrons. The maximum Gasteiger partial charge on any atom is 0.163 e. The molecular weight excluding hydrogens is 615 g/mol. The molecule has 0 atom stereocenters. The molecular formula is C46H27NO3. The van der Waals surface area contributed by atoms with Crippen molar-refractivity contribution in [2.45, 2.75) is 0 Å². The van der Waals surface area contributed by atoms with E-state index in [1.807, 2.05) is 36.4 Å².